The Hall–Kier alpha value is -1.23. The number of pyridine rings is 1. The van der Waals surface area contributed by atoms with Gasteiger partial charge in [0.25, 0.3) is 0 Å². The minimum absolute atomic E-state index is 0.239. The van der Waals surface area contributed by atoms with Crippen LogP contribution < -0.4 is 0 Å². The van der Waals surface area contributed by atoms with Gasteiger partial charge in [0.2, 0.25) is 0 Å². The van der Waals surface area contributed by atoms with E-state index in [1.54, 1.807) is 19.1 Å². The molecule has 0 radical (unpaired) electrons. The number of hydrogen-bond acceptors (Lipinski definition) is 4. The monoisotopic (exact) mass is 271 g/mol. The molecular formula is C10H10BrNO3. The molecule has 1 heterocycles. The lowest BCUT2D eigenvalue weighted by Crippen LogP contribution is -2.11. The molecule has 4 nitrogen and oxygen atoms in total. The lowest BCUT2D eigenvalue weighted by molar-refractivity contribution is -0.141. The molecule has 0 aliphatic carbocycles. The third kappa shape index (κ3) is 3.79. The minimum Gasteiger partial charge on any atom is -0.466 e. The summed E-state index contributed by atoms with van der Waals surface area (Å²) < 4.78 is 5.32. The SMILES string of the molecule is CCOC(=O)CC(=O)c1ccc(Br)nc1. The topological polar surface area (TPSA) is 56.3 Å². The molecule has 0 aromatic carbocycles. The second-order valence-corrected chi connectivity index (χ2v) is 3.59. The van der Waals surface area contributed by atoms with Crippen molar-refractivity contribution in [2.24, 2.45) is 0 Å². The van der Waals surface area contributed by atoms with Gasteiger partial charge >= 0.3 is 5.97 Å². The van der Waals surface area contributed by atoms with E-state index in [0.717, 1.165) is 0 Å². The first-order valence-corrected chi connectivity index (χ1v) is 5.23. The number of hydrogen-bond donors (Lipinski definition) is 0. The number of aromatic nitrogens is 1. The quantitative estimate of drug-likeness (QED) is 0.364. The van der Waals surface area contributed by atoms with Gasteiger partial charge in [0, 0.05) is 11.8 Å². The average molecular weight is 272 g/mol. The Labute approximate surface area is 95.8 Å². The number of rotatable bonds is 4. The van der Waals surface area contributed by atoms with Crippen molar-refractivity contribution in [1.82, 2.24) is 4.98 Å². The van der Waals surface area contributed by atoms with E-state index >= 15 is 0 Å². The first-order valence-electron chi connectivity index (χ1n) is 4.44. The van der Waals surface area contributed by atoms with E-state index in [1.807, 2.05) is 0 Å². The van der Waals surface area contributed by atoms with Gasteiger partial charge in [-0.15, -0.1) is 0 Å². The predicted molar refractivity (Wildman–Crippen MR) is 57.5 cm³/mol. The van der Waals surface area contributed by atoms with Crippen molar-refractivity contribution in [1.29, 1.82) is 0 Å². The largest absolute Gasteiger partial charge is 0.466 e. The maximum Gasteiger partial charge on any atom is 0.313 e. The molecule has 5 heteroatoms. The fourth-order valence-electron chi connectivity index (χ4n) is 0.986. The number of esters is 1. The molecule has 1 rings (SSSR count). The van der Waals surface area contributed by atoms with E-state index in [9.17, 15) is 9.59 Å². The van der Waals surface area contributed by atoms with Crippen LogP contribution in [0.4, 0.5) is 0 Å². The Morgan fingerprint density at radius 3 is 2.73 bits per heavy atom. The van der Waals surface area contributed by atoms with Gasteiger partial charge in [0.15, 0.2) is 5.78 Å². The Bertz CT molecular complexity index is 361. The number of ketones is 1. The Morgan fingerprint density at radius 1 is 1.47 bits per heavy atom. The summed E-state index contributed by atoms with van der Waals surface area (Å²) in [5, 5.41) is 0. The van der Waals surface area contributed by atoms with Gasteiger partial charge in [-0.3, -0.25) is 9.59 Å². The average Bonchev–Trinajstić information content (AvgIpc) is 2.18. The van der Waals surface area contributed by atoms with Crippen LogP contribution in [0.1, 0.15) is 23.7 Å². The van der Waals surface area contributed by atoms with Crippen LogP contribution >= 0.6 is 15.9 Å². The number of Topliss-reactive ketones (excluding diaryl/α,β-unsaturated/α-hetero) is 1. The van der Waals surface area contributed by atoms with Gasteiger partial charge in [-0.1, -0.05) is 0 Å². The van der Waals surface area contributed by atoms with Crippen molar-refractivity contribution >= 4 is 27.7 Å². The van der Waals surface area contributed by atoms with E-state index in [4.69, 9.17) is 0 Å². The number of carbonyl (C=O) groups excluding carboxylic acids is 2. The third-order valence-corrected chi connectivity index (χ3v) is 2.13. The van der Waals surface area contributed by atoms with Crippen molar-refractivity contribution < 1.29 is 14.3 Å². The molecule has 0 unspecified atom stereocenters. The molecule has 1 aromatic rings. The van der Waals surface area contributed by atoms with Crippen LogP contribution in [0.5, 0.6) is 0 Å². The first-order chi connectivity index (χ1) is 7.13. The van der Waals surface area contributed by atoms with Gasteiger partial charge in [-0.25, -0.2) is 4.98 Å². The van der Waals surface area contributed by atoms with Gasteiger partial charge in [0.05, 0.1) is 6.61 Å². The Kier molecular flexibility index (Phi) is 4.42. The van der Waals surface area contributed by atoms with Gasteiger partial charge < -0.3 is 4.74 Å². The maximum absolute atomic E-state index is 11.5. The minimum atomic E-state index is -0.509. The van der Waals surface area contributed by atoms with Crippen LogP contribution in [0.25, 0.3) is 0 Å². The van der Waals surface area contributed by atoms with Crippen molar-refractivity contribution in [2.45, 2.75) is 13.3 Å². The van der Waals surface area contributed by atoms with Crippen molar-refractivity contribution in [3.8, 4) is 0 Å². The van der Waals surface area contributed by atoms with E-state index in [-0.39, 0.29) is 18.8 Å². The summed E-state index contributed by atoms with van der Waals surface area (Å²) in [7, 11) is 0. The van der Waals surface area contributed by atoms with Gasteiger partial charge in [-0.05, 0) is 35.0 Å². The molecule has 0 aliphatic heterocycles. The van der Waals surface area contributed by atoms with E-state index in [1.165, 1.54) is 6.20 Å². The zero-order chi connectivity index (χ0) is 11.3. The summed E-state index contributed by atoms with van der Waals surface area (Å²) in [5.74, 6) is -0.793. The molecule has 0 fully saturated rings. The molecule has 0 aliphatic rings. The number of nitrogens with zero attached hydrogens (tertiary/aromatic N) is 1. The number of carbonyl (C=O) groups is 2. The second-order valence-electron chi connectivity index (χ2n) is 2.77. The molecule has 80 valence electrons. The summed E-state index contributed by atoms with van der Waals surface area (Å²) in [4.78, 5) is 26.4. The fraction of sp³-hybridized carbons (Fsp3) is 0.300. The molecule has 0 spiro atoms. The molecule has 0 N–H and O–H groups in total. The molecule has 0 saturated carbocycles. The highest BCUT2D eigenvalue weighted by atomic mass is 79.9. The van der Waals surface area contributed by atoms with Crippen LogP contribution in [0.2, 0.25) is 0 Å². The summed E-state index contributed by atoms with van der Waals surface area (Å²) >= 11 is 3.16. The highest BCUT2D eigenvalue weighted by Gasteiger charge is 2.12. The standard InChI is InChI=1S/C10H10BrNO3/c1-2-15-10(14)5-8(13)7-3-4-9(11)12-6-7/h3-4,6H,2,5H2,1H3. The van der Waals surface area contributed by atoms with Gasteiger partial charge in [0.1, 0.15) is 11.0 Å². The smallest absolute Gasteiger partial charge is 0.313 e. The summed E-state index contributed by atoms with van der Waals surface area (Å²) in [6.07, 6.45) is 1.18. The summed E-state index contributed by atoms with van der Waals surface area (Å²) in [6.45, 7) is 1.98. The Morgan fingerprint density at radius 2 is 2.20 bits per heavy atom. The predicted octanol–water partition coefficient (Wildman–Crippen LogP) is 1.98. The molecule has 0 amide bonds. The Balaban J connectivity index is 2.61. The number of ether oxygens (including phenoxy) is 1. The molecule has 15 heavy (non-hydrogen) atoms. The summed E-state index contributed by atoms with van der Waals surface area (Å²) in [6, 6.07) is 3.26. The molecule has 1 aromatic heterocycles. The van der Waals surface area contributed by atoms with Crippen LogP contribution in [0.3, 0.4) is 0 Å². The first kappa shape index (κ1) is 11.8. The lowest BCUT2D eigenvalue weighted by Gasteiger charge is -2.01. The molecule has 0 saturated heterocycles. The van der Waals surface area contributed by atoms with E-state index < -0.39 is 5.97 Å². The molecular weight excluding hydrogens is 262 g/mol. The maximum atomic E-state index is 11.5. The van der Waals surface area contributed by atoms with Crippen LogP contribution in [-0.2, 0) is 9.53 Å². The van der Waals surface area contributed by atoms with Crippen molar-refractivity contribution in [3.63, 3.8) is 0 Å². The van der Waals surface area contributed by atoms with E-state index in [0.29, 0.717) is 10.2 Å². The van der Waals surface area contributed by atoms with Crippen molar-refractivity contribution in [2.75, 3.05) is 6.61 Å². The second kappa shape index (κ2) is 5.60. The van der Waals surface area contributed by atoms with Crippen LogP contribution in [-0.4, -0.2) is 23.3 Å². The normalized spacial score (nSPS) is 9.73. The third-order valence-electron chi connectivity index (χ3n) is 1.66. The summed E-state index contributed by atoms with van der Waals surface area (Å²) in [5.41, 5.74) is 0.409. The fourth-order valence-corrected chi connectivity index (χ4v) is 1.22. The van der Waals surface area contributed by atoms with Crippen LogP contribution in [0.15, 0.2) is 22.9 Å². The number of halogens is 1. The molecule has 0 bridgehead atoms. The zero-order valence-corrected chi connectivity index (χ0v) is 9.78. The molecule has 0 atom stereocenters. The van der Waals surface area contributed by atoms with Crippen LogP contribution in [0, 0.1) is 0 Å². The van der Waals surface area contributed by atoms with Crippen molar-refractivity contribution in [3.05, 3.63) is 28.5 Å². The highest BCUT2D eigenvalue weighted by molar-refractivity contribution is 9.10. The van der Waals surface area contributed by atoms with Gasteiger partial charge in [-0.2, -0.15) is 0 Å². The lowest BCUT2D eigenvalue weighted by atomic mass is 10.1. The van der Waals surface area contributed by atoms with E-state index in [2.05, 4.69) is 25.7 Å². The highest BCUT2D eigenvalue weighted by Crippen LogP contribution is 2.08. The zero-order valence-electron chi connectivity index (χ0n) is 8.20.